The van der Waals surface area contributed by atoms with Crippen molar-refractivity contribution in [3.8, 4) is 11.5 Å². The molecule has 0 aliphatic rings. The molecule has 11 heteroatoms. The maximum absolute atomic E-state index is 12.1. The van der Waals surface area contributed by atoms with Crippen LogP contribution in [0.1, 0.15) is 10.4 Å². The molecule has 0 spiro atoms. The molecule has 0 unspecified atom stereocenters. The summed E-state index contributed by atoms with van der Waals surface area (Å²) in [6.07, 6.45) is 1.24. The molecule has 1 aromatic heterocycles. The Hall–Kier alpha value is -3.63. The number of hydrogen-bond donors (Lipinski definition) is 1. The highest BCUT2D eigenvalue weighted by molar-refractivity contribution is 5.97. The number of amides is 1. The lowest BCUT2D eigenvalue weighted by molar-refractivity contribution is -0.385. The number of nitro benzene ring substituents is 1. The van der Waals surface area contributed by atoms with Crippen LogP contribution in [0, 0.1) is 10.1 Å². The van der Waals surface area contributed by atoms with Gasteiger partial charge < -0.3 is 24.1 Å². The van der Waals surface area contributed by atoms with Crippen LogP contribution < -0.4 is 14.8 Å². The van der Waals surface area contributed by atoms with E-state index in [4.69, 9.17) is 14.2 Å². The molecule has 1 N–H and O–H groups in total. The highest BCUT2D eigenvalue weighted by Gasteiger charge is 2.26. The Balaban J connectivity index is 2.14. The summed E-state index contributed by atoms with van der Waals surface area (Å²) in [5, 5.41) is 16.9. The molecule has 0 saturated carbocycles. The molecular formula is C14H13N3O8. The summed E-state index contributed by atoms with van der Waals surface area (Å²) in [5.41, 5.74) is -0.920. The number of carbonyl (C=O) groups excluding carboxylic acids is 2. The number of benzene rings is 1. The lowest BCUT2D eigenvalue weighted by atomic mass is 10.1. The normalized spacial score (nSPS) is 10.0. The van der Waals surface area contributed by atoms with Crippen molar-refractivity contribution in [2.45, 2.75) is 0 Å². The molecule has 0 aliphatic carbocycles. The standard InChI is InChI=1S/C14H13N3O8/c1-22-10-5-8(9(17(20)21)6-11(10)23-2)14(19)24-7-13(18)15-12-3-4-25-16-12/h3-6H,7H2,1-2H3,(H,15,16,18). The van der Waals surface area contributed by atoms with Gasteiger partial charge in [-0.15, -0.1) is 0 Å². The number of nitro groups is 1. The second kappa shape index (κ2) is 7.77. The highest BCUT2D eigenvalue weighted by Crippen LogP contribution is 2.34. The predicted octanol–water partition coefficient (Wildman–Crippen LogP) is 1.40. The number of ether oxygens (including phenoxy) is 3. The third-order valence-corrected chi connectivity index (χ3v) is 2.96. The van der Waals surface area contributed by atoms with Gasteiger partial charge in [0.05, 0.1) is 25.2 Å². The minimum atomic E-state index is -1.07. The van der Waals surface area contributed by atoms with Crippen molar-refractivity contribution >= 4 is 23.4 Å². The van der Waals surface area contributed by atoms with Crippen LogP contribution >= 0.6 is 0 Å². The van der Waals surface area contributed by atoms with Gasteiger partial charge in [0.1, 0.15) is 11.8 Å². The van der Waals surface area contributed by atoms with Gasteiger partial charge in [-0.25, -0.2) is 4.79 Å². The van der Waals surface area contributed by atoms with Crippen LogP contribution in [0.2, 0.25) is 0 Å². The highest BCUT2D eigenvalue weighted by atomic mass is 16.6. The average Bonchev–Trinajstić information content (AvgIpc) is 3.11. The van der Waals surface area contributed by atoms with E-state index in [-0.39, 0.29) is 22.9 Å². The third-order valence-electron chi connectivity index (χ3n) is 2.96. The van der Waals surface area contributed by atoms with Crippen molar-refractivity contribution in [2.75, 3.05) is 26.1 Å². The Bertz CT molecular complexity index is 788. The minimum absolute atomic E-state index is 0.0783. The van der Waals surface area contributed by atoms with Gasteiger partial charge in [0, 0.05) is 12.1 Å². The van der Waals surface area contributed by atoms with Crippen LogP contribution in [-0.4, -0.2) is 42.8 Å². The largest absolute Gasteiger partial charge is 0.493 e. The molecule has 0 radical (unpaired) electrons. The van der Waals surface area contributed by atoms with Crippen LogP contribution in [0.5, 0.6) is 11.5 Å². The fourth-order valence-corrected chi connectivity index (χ4v) is 1.85. The minimum Gasteiger partial charge on any atom is -0.493 e. The summed E-state index contributed by atoms with van der Waals surface area (Å²) in [7, 11) is 2.61. The Labute approximate surface area is 140 Å². The number of carbonyl (C=O) groups is 2. The molecule has 132 valence electrons. The van der Waals surface area contributed by atoms with Gasteiger partial charge >= 0.3 is 5.97 Å². The zero-order chi connectivity index (χ0) is 18.4. The molecule has 1 aromatic carbocycles. The lowest BCUT2D eigenvalue weighted by Gasteiger charge is -2.10. The first kappa shape index (κ1) is 17.7. The van der Waals surface area contributed by atoms with E-state index in [0.717, 1.165) is 12.1 Å². The lowest BCUT2D eigenvalue weighted by Crippen LogP contribution is -2.21. The predicted molar refractivity (Wildman–Crippen MR) is 81.6 cm³/mol. The van der Waals surface area contributed by atoms with Gasteiger partial charge in [0.2, 0.25) is 0 Å². The van der Waals surface area contributed by atoms with Crippen LogP contribution in [0.25, 0.3) is 0 Å². The monoisotopic (exact) mass is 351 g/mol. The van der Waals surface area contributed by atoms with Crippen LogP contribution in [0.3, 0.4) is 0 Å². The zero-order valence-corrected chi connectivity index (χ0v) is 13.2. The van der Waals surface area contributed by atoms with Gasteiger partial charge in [-0.05, 0) is 0 Å². The summed E-state index contributed by atoms with van der Waals surface area (Å²) < 4.78 is 19.3. The van der Waals surface area contributed by atoms with Crippen molar-refractivity contribution in [1.29, 1.82) is 0 Å². The SMILES string of the molecule is COc1cc(C(=O)OCC(=O)Nc2ccon2)c([N+](=O)[O-])cc1OC. The summed E-state index contributed by atoms with van der Waals surface area (Å²) >= 11 is 0. The number of esters is 1. The molecule has 11 nitrogen and oxygen atoms in total. The maximum atomic E-state index is 12.1. The fourth-order valence-electron chi connectivity index (χ4n) is 1.85. The molecule has 0 fully saturated rings. The van der Waals surface area contributed by atoms with E-state index in [1.54, 1.807) is 0 Å². The molecule has 0 saturated heterocycles. The van der Waals surface area contributed by atoms with Crippen LogP contribution in [0.15, 0.2) is 29.0 Å². The van der Waals surface area contributed by atoms with Gasteiger partial charge in [0.25, 0.3) is 11.6 Å². The first-order valence-electron chi connectivity index (χ1n) is 6.74. The maximum Gasteiger partial charge on any atom is 0.345 e. The van der Waals surface area contributed by atoms with Crippen molar-refractivity contribution in [2.24, 2.45) is 0 Å². The van der Waals surface area contributed by atoms with Crippen molar-refractivity contribution in [3.63, 3.8) is 0 Å². The smallest absolute Gasteiger partial charge is 0.345 e. The van der Waals surface area contributed by atoms with E-state index in [1.165, 1.54) is 26.5 Å². The van der Waals surface area contributed by atoms with E-state index in [9.17, 15) is 19.7 Å². The van der Waals surface area contributed by atoms with E-state index >= 15 is 0 Å². The van der Waals surface area contributed by atoms with Crippen molar-refractivity contribution < 1.29 is 33.2 Å². The van der Waals surface area contributed by atoms with Gasteiger partial charge in [-0.3, -0.25) is 14.9 Å². The first-order valence-corrected chi connectivity index (χ1v) is 6.74. The summed E-state index contributed by atoms with van der Waals surface area (Å²) in [5.74, 6) is -1.44. The first-order chi connectivity index (χ1) is 12.0. The van der Waals surface area contributed by atoms with E-state index < -0.39 is 29.1 Å². The summed E-state index contributed by atoms with van der Waals surface area (Å²) in [6.45, 7) is -0.669. The topological polar surface area (TPSA) is 143 Å². The molecule has 1 heterocycles. The second-order valence-corrected chi connectivity index (χ2v) is 4.49. The number of nitrogens with one attached hydrogen (secondary N) is 1. The third kappa shape index (κ3) is 4.22. The molecular weight excluding hydrogens is 338 g/mol. The number of nitrogens with zero attached hydrogens (tertiary/aromatic N) is 2. The molecule has 0 aliphatic heterocycles. The van der Waals surface area contributed by atoms with E-state index in [1.807, 2.05) is 0 Å². The molecule has 25 heavy (non-hydrogen) atoms. The fraction of sp³-hybridized carbons (Fsp3) is 0.214. The number of rotatable bonds is 7. The Morgan fingerprint density at radius 2 is 1.96 bits per heavy atom. The van der Waals surface area contributed by atoms with Gasteiger partial charge in [-0.1, -0.05) is 5.16 Å². The van der Waals surface area contributed by atoms with Crippen molar-refractivity contribution in [1.82, 2.24) is 5.16 Å². The number of anilines is 1. The Morgan fingerprint density at radius 3 is 2.52 bits per heavy atom. The molecule has 2 rings (SSSR count). The number of methoxy groups -OCH3 is 2. The van der Waals surface area contributed by atoms with E-state index in [0.29, 0.717) is 0 Å². The molecule has 2 aromatic rings. The number of aromatic nitrogens is 1. The molecule has 0 atom stereocenters. The summed E-state index contributed by atoms with van der Waals surface area (Å²) in [4.78, 5) is 34.1. The number of hydrogen-bond acceptors (Lipinski definition) is 9. The molecule has 0 bridgehead atoms. The second-order valence-electron chi connectivity index (χ2n) is 4.49. The Kier molecular flexibility index (Phi) is 5.50. The van der Waals surface area contributed by atoms with Gasteiger partial charge in [0.15, 0.2) is 23.9 Å². The quantitative estimate of drug-likeness (QED) is 0.444. The summed E-state index contributed by atoms with van der Waals surface area (Å²) in [6, 6.07) is 3.53. The Morgan fingerprint density at radius 1 is 1.28 bits per heavy atom. The van der Waals surface area contributed by atoms with Crippen LogP contribution in [0.4, 0.5) is 11.5 Å². The average molecular weight is 351 g/mol. The van der Waals surface area contributed by atoms with Gasteiger partial charge in [-0.2, -0.15) is 0 Å². The molecule has 1 amide bonds. The van der Waals surface area contributed by atoms with Crippen molar-refractivity contribution in [3.05, 3.63) is 40.1 Å². The van der Waals surface area contributed by atoms with Crippen LogP contribution in [-0.2, 0) is 9.53 Å². The van der Waals surface area contributed by atoms with E-state index in [2.05, 4.69) is 15.0 Å². The zero-order valence-electron chi connectivity index (χ0n) is 13.2.